The molecule has 0 aromatic carbocycles. The highest BCUT2D eigenvalue weighted by Crippen LogP contribution is 2.74. The van der Waals surface area contributed by atoms with Crippen LogP contribution < -0.4 is 0 Å². The van der Waals surface area contributed by atoms with Gasteiger partial charge in [-0.3, -0.25) is 0 Å². The fraction of sp³-hybridized carbons (Fsp3) is 0.714. The van der Waals surface area contributed by atoms with Crippen LogP contribution in [0.25, 0.3) is 0 Å². The molecule has 1 heteroatoms. The average Bonchev–Trinajstić information content (AvgIpc) is 2.57. The topological polar surface area (TPSA) is 0 Å². The molecule has 0 N–H and O–H groups in total. The molecule has 0 nitrogen and oxygen atoms in total. The number of hydrogen-bond acceptors (Lipinski definition) is 0. The first-order valence-electron chi connectivity index (χ1n) is 3.06. The van der Waals surface area contributed by atoms with Crippen molar-refractivity contribution in [1.82, 2.24) is 0 Å². The molecule has 0 saturated heterocycles. The lowest BCUT2D eigenvalue weighted by molar-refractivity contribution is 0.791. The van der Waals surface area contributed by atoms with Crippen molar-refractivity contribution < 1.29 is 0 Å². The van der Waals surface area contributed by atoms with Crippen molar-refractivity contribution in [2.75, 3.05) is 4.43 Å². The highest BCUT2D eigenvalue weighted by Gasteiger charge is 2.65. The Kier molecular flexibility index (Phi) is 0.861. The predicted molar refractivity (Wildman–Crippen MR) is 43.2 cm³/mol. The first-order valence-corrected chi connectivity index (χ1v) is 4.59. The quantitative estimate of drug-likeness (QED) is 0.361. The zero-order valence-corrected chi connectivity index (χ0v) is 6.94. The summed E-state index contributed by atoms with van der Waals surface area (Å²) in [4.78, 5) is 0. The van der Waals surface area contributed by atoms with Gasteiger partial charge in [0.15, 0.2) is 0 Å². The maximum Gasteiger partial charge on any atom is 0.00695 e. The fourth-order valence-electron chi connectivity index (χ4n) is 1.62. The van der Waals surface area contributed by atoms with Gasteiger partial charge in [-0.15, -0.1) is 0 Å². The van der Waals surface area contributed by atoms with Crippen molar-refractivity contribution in [2.45, 2.75) is 12.8 Å². The van der Waals surface area contributed by atoms with E-state index in [4.69, 9.17) is 0 Å². The molecule has 0 aromatic rings. The molecule has 0 radical (unpaired) electrons. The van der Waals surface area contributed by atoms with Gasteiger partial charge in [0.1, 0.15) is 0 Å². The summed E-state index contributed by atoms with van der Waals surface area (Å²) < 4.78 is 1.30. The summed E-state index contributed by atoms with van der Waals surface area (Å²) >= 11 is 2.46. The second-order valence-electron chi connectivity index (χ2n) is 2.89. The smallest absolute Gasteiger partial charge is 0.00695 e. The highest BCUT2D eigenvalue weighted by molar-refractivity contribution is 14.1. The van der Waals surface area contributed by atoms with Crippen LogP contribution in [0.15, 0.2) is 12.2 Å². The van der Waals surface area contributed by atoms with E-state index >= 15 is 0 Å². The lowest BCUT2D eigenvalue weighted by Crippen LogP contribution is -1.77. The van der Waals surface area contributed by atoms with Crippen LogP contribution in [0, 0.1) is 11.3 Å². The Hall–Kier alpha value is 0.470. The normalized spacial score (nSPS) is 38.1. The maximum atomic E-state index is 4.03. The summed E-state index contributed by atoms with van der Waals surface area (Å²) in [7, 11) is 0. The first-order chi connectivity index (χ1) is 3.81. The van der Waals surface area contributed by atoms with Crippen LogP contribution in [0.5, 0.6) is 0 Å². The van der Waals surface area contributed by atoms with Crippen LogP contribution in [-0.4, -0.2) is 4.43 Å². The molecule has 2 aliphatic carbocycles. The zero-order valence-electron chi connectivity index (χ0n) is 4.78. The van der Waals surface area contributed by atoms with Crippen molar-refractivity contribution in [3.63, 3.8) is 0 Å². The van der Waals surface area contributed by atoms with E-state index < -0.39 is 0 Å². The van der Waals surface area contributed by atoms with Crippen LogP contribution in [0.3, 0.4) is 0 Å². The Balaban J connectivity index is 2.15. The zero-order chi connectivity index (χ0) is 5.78. The van der Waals surface area contributed by atoms with E-state index in [1.807, 2.05) is 0 Å². The summed E-state index contributed by atoms with van der Waals surface area (Å²) in [6.45, 7) is 4.03. The minimum atomic E-state index is 0.723. The Morgan fingerprint density at radius 3 is 2.50 bits per heavy atom. The Morgan fingerprint density at radius 1 is 1.75 bits per heavy atom. The molecule has 2 rings (SSSR count). The van der Waals surface area contributed by atoms with Gasteiger partial charge in [0, 0.05) is 4.43 Å². The van der Waals surface area contributed by atoms with Gasteiger partial charge in [0.25, 0.3) is 0 Å². The van der Waals surface area contributed by atoms with E-state index in [0.29, 0.717) is 0 Å². The third-order valence-electron chi connectivity index (χ3n) is 2.59. The second kappa shape index (κ2) is 1.31. The fourth-order valence-corrected chi connectivity index (χ4v) is 2.99. The molecular weight excluding hydrogens is 211 g/mol. The molecule has 2 saturated carbocycles. The Morgan fingerprint density at radius 2 is 2.38 bits per heavy atom. The Bertz CT molecular complexity index is 144. The molecule has 1 unspecified atom stereocenters. The van der Waals surface area contributed by atoms with E-state index in [-0.39, 0.29) is 0 Å². The van der Waals surface area contributed by atoms with E-state index in [0.717, 1.165) is 11.3 Å². The van der Waals surface area contributed by atoms with Crippen molar-refractivity contribution in [2.24, 2.45) is 11.3 Å². The lowest BCUT2D eigenvalue weighted by Gasteiger charge is -1.78. The van der Waals surface area contributed by atoms with Gasteiger partial charge in [-0.05, 0) is 24.2 Å². The number of rotatable bonds is 1. The van der Waals surface area contributed by atoms with Gasteiger partial charge in [-0.1, -0.05) is 34.7 Å². The molecular formula is C7H9I. The molecule has 2 fully saturated rings. The van der Waals surface area contributed by atoms with E-state index in [2.05, 4.69) is 29.2 Å². The van der Waals surface area contributed by atoms with Crippen LogP contribution in [-0.2, 0) is 0 Å². The lowest BCUT2D eigenvalue weighted by atomic mass is 10.3. The van der Waals surface area contributed by atoms with Crippen molar-refractivity contribution >= 4 is 22.6 Å². The molecule has 0 amide bonds. The van der Waals surface area contributed by atoms with Gasteiger partial charge in [-0.2, -0.15) is 0 Å². The molecule has 8 heavy (non-hydrogen) atoms. The Labute approximate surface area is 63.5 Å². The number of alkyl halides is 1. The van der Waals surface area contributed by atoms with Gasteiger partial charge in [-0.25, -0.2) is 0 Å². The molecule has 0 heterocycles. The second-order valence-corrected chi connectivity index (χ2v) is 3.77. The monoisotopic (exact) mass is 220 g/mol. The standard InChI is InChI=1S/C7H9I/c1-5-6(4-8)7(5)2-3-7/h6H,1-4H2. The van der Waals surface area contributed by atoms with Crippen molar-refractivity contribution in [1.29, 1.82) is 0 Å². The van der Waals surface area contributed by atoms with E-state index in [9.17, 15) is 0 Å². The van der Waals surface area contributed by atoms with Crippen LogP contribution >= 0.6 is 22.6 Å². The minimum absolute atomic E-state index is 0.723. The number of halogens is 1. The maximum absolute atomic E-state index is 4.03. The largest absolute Gasteiger partial charge is 0.0989 e. The molecule has 0 bridgehead atoms. The molecule has 1 spiro atoms. The van der Waals surface area contributed by atoms with Gasteiger partial charge >= 0.3 is 0 Å². The van der Waals surface area contributed by atoms with Crippen LogP contribution in [0.2, 0.25) is 0 Å². The van der Waals surface area contributed by atoms with E-state index in [1.165, 1.54) is 17.3 Å². The summed E-state index contributed by atoms with van der Waals surface area (Å²) in [5.74, 6) is 0.920. The summed E-state index contributed by atoms with van der Waals surface area (Å²) in [6, 6.07) is 0. The molecule has 1 atom stereocenters. The average molecular weight is 220 g/mol. The molecule has 44 valence electrons. The SMILES string of the molecule is C=C1C(CI)C12CC2. The van der Waals surface area contributed by atoms with Gasteiger partial charge < -0.3 is 0 Å². The van der Waals surface area contributed by atoms with Gasteiger partial charge in [0.2, 0.25) is 0 Å². The third kappa shape index (κ3) is 0.420. The third-order valence-corrected chi connectivity index (χ3v) is 3.47. The van der Waals surface area contributed by atoms with Crippen LogP contribution in [0.1, 0.15) is 12.8 Å². The summed E-state index contributed by atoms with van der Waals surface area (Å²) in [5.41, 5.74) is 2.27. The highest BCUT2D eigenvalue weighted by atomic mass is 127. The summed E-state index contributed by atoms with van der Waals surface area (Å²) in [5, 5.41) is 0. The first kappa shape index (κ1) is 5.27. The molecule has 0 aromatic heterocycles. The number of hydrogen-bond donors (Lipinski definition) is 0. The van der Waals surface area contributed by atoms with Crippen molar-refractivity contribution in [3.05, 3.63) is 12.2 Å². The van der Waals surface area contributed by atoms with Gasteiger partial charge in [0.05, 0.1) is 0 Å². The summed E-state index contributed by atoms with van der Waals surface area (Å²) in [6.07, 6.45) is 2.89. The van der Waals surface area contributed by atoms with Crippen molar-refractivity contribution in [3.8, 4) is 0 Å². The van der Waals surface area contributed by atoms with Crippen LogP contribution in [0.4, 0.5) is 0 Å². The minimum Gasteiger partial charge on any atom is -0.0989 e. The predicted octanol–water partition coefficient (Wildman–Crippen LogP) is 2.39. The van der Waals surface area contributed by atoms with E-state index in [1.54, 1.807) is 5.57 Å². The number of allylic oxidation sites excluding steroid dienone is 1. The molecule has 0 aliphatic heterocycles. The molecule has 2 aliphatic rings.